The van der Waals surface area contributed by atoms with E-state index in [1.165, 1.54) is 62.2 Å². The van der Waals surface area contributed by atoms with Crippen molar-refractivity contribution in [2.75, 3.05) is 19.8 Å². The van der Waals surface area contributed by atoms with Crippen molar-refractivity contribution in [2.24, 2.45) is 21.5 Å². The first kappa shape index (κ1) is 27.2. The molecule has 0 bridgehead atoms. The zero-order valence-corrected chi connectivity index (χ0v) is 20.0. The normalized spacial score (nSPS) is 11.5. The summed E-state index contributed by atoms with van der Waals surface area (Å²) in [6.45, 7) is 4.75. The fourth-order valence-corrected chi connectivity index (χ4v) is 3.44. The zero-order chi connectivity index (χ0) is 22.6. The molecule has 0 saturated heterocycles. The van der Waals surface area contributed by atoms with Crippen molar-refractivity contribution in [1.29, 1.82) is 0 Å². The third-order valence-corrected chi connectivity index (χ3v) is 5.30. The molecule has 0 fully saturated rings. The Bertz CT molecular complexity index is 605. The van der Waals surface area contributed by atoms with Crippen LogP contribution in [0.1, 0.15) is 83.1 Å². The third kappa shape index (κ3) is 15.6. The molecular weight excluding hydrogens is 410 g/mol. The van der Waals surface area contributed by atoms with Gasteiger partial charge >= 0.3 is 0 Å². The van der Waals surface area contributed by atoms with E-state index in [0.29, 0.717) is 25.7 Å². The van der Waals surface area contributed by atoms with Crippen LogP contribution in [0.25, 0.3) is 0 Å². The van der Waals surface area contributed by atoms with Gasteiger partial charge in [0.15, 0.2) is 5.96 Å². The van der Waals surface area contributed by atoms with Gasteiger partial charge in [-0.2, -0.15) is 4.99 Å². The van der Waals surface area contributed by atoms with Crippen LogP contribution >= 0.6 is 11.8 Å². The molecule has 0 aromatic heterocycles. The maximum Gasteiger partial charge on any atom is 0.239 e. The number of nitrogens with zero attached hydrogens (tertiary/aromatic N) is 3. The van der Waals surface area contributed by atoms with Gasteiger partial charge < -0.3 is 16.2 Å². The minimum absolute atomic E-state index is 0.0605. The lowest BCUT2D eigenvalue weighted by atomic mass is 10.1. The molecule has 0 saturated carbocycles. The minimum Gasteiger partial charge on any atom is -0.381 e. The monoisotopic (exact) mass is 451 g/mol. The van der Waals surface area contributed by atoms with Gasteiger partial charge in [-0.05, 0) is 18.4 Å². The molecule has 1 aromatic rings. The Balaban J connectivity index is 2.10. The Labute approximate surface area is 194 Å². The number of benzene rings is 1. The number of halogens is 1. The first-order chi connectivity index (χ1) is 15.1. The fraction of sp³-hybridized carbons (Fsp3) is 0.667. The van der Waals surface area contributed by atoms with Crippen LogP contribution in [0.5, 0.6) is 0 Å². The summed E-state index contributed by atoms with van der Waals surface area (Å²) in [6.07, 6.45) is 14.1. The molecule has 0 spiro atoms. The number of nitrogens with two attached hydrogens (primary N) is 2. The SMILES string of the molecule is CCCCCCCCCCCCOCCCN(Cl)C(N=C(N)N)=NCc1ccccc1. The number of rotatable bonds is 17. The van der Waals surface area contributed by atoms with Crippen molar-refractivity contribution in [2.45, 2.75) is 84.1 Å². The molecule has 1 rings (SSSR count). The summed E-state index contributed by atoms with van der Waals surface area (Å²) in [4.78, 5) is 8.49. The lowest BCUT2D eigenvalue weighted by Gasteiger charge is -2.15. The highest BCUT2D eigenvalue weighted by molar-refractivity contribution is 6.22. The molecular formula is C24H42ClN5O. The van der Waals surface area contributed by atoms with Crippen LogP contribution in [-0.2, 0) is 11.3 Å². The maximum absolute atomic E-state index is 6.34. The number of hydrogen-bond donors (Lipinski definition) is 2. The average Bonchev–Trinajstić information content (AvgIpc) is 2.77. The van der Waals surface area contributed by atoms with Crippen molar-refractivity contribution in [3.8, 4) is 0 Å². The lowest BCUT2D eigenvalue weighted by Crippen LogP contribution is -2.29. The predicted molar refractivity (Wildman–Crippen MR) is 133 cm³/mol. The quantitative estimate of drug-likeness (QED) is 0.139. The number of aliphatic imine (C=N–C) groups is 2. The lowest BCUT2D eigenvalue weighted by molar-refractivity contribution is 0.126. The van der Waals surface area contributed by atoms with E-state index in [9.17, 15) is 0 Å². The molecule has 0 aliphatic carbocycles. The molecule has 0 aliphatic rings. The number of guanidine groups is 2. The molecule has 176 valence electrons. The Morgan fingerprint density at radius 1 is 0.871 bits per heavy atom. The van der Waals surface area contributed by atoms with Gasteiger partial charge in [-0.3, -0.25) is 4.42 Å². The topological polar surface area (TPSA) is 89.2 Å². The second kappa shape index (κ2) is 18.9. The molecule has 1 aromatic carbocycles. The van der Waals surface area contributed by atoms with Crippen LogP contribution in [0.4, 0.5) is 0 Å². The summed E-state index contributed by atoms with van der Waals surface area (Å²) in [5, 5.41) is 0. The highest BCUT2D eigenvalue weighted by atomic mass is 35.5. The number of ether oxygens (including phenoxy) is 1. The first-order valence-corrected chi connectivity index (χ1v) is 12.2. The van der Waals surface area contributed by atoms with Crippen molar-refractivity contribution >= 4 is 23.7 Å². The molecule has 0 radical (unpaired) electrons. The average molecular weight is 452 g/mol. The van der Waals surface area contributed by atoms with Gasteiger partial charge in [-0.25, -0.2) is 4.99 Å². The van der Waals surface area contributed by atoms with Crippen molar-refractivity contribution in [3.05, 3.63) is 35.9 Å². The highest BCUT2D eigenvalue weighted by Gasteiger charge is 2.08. The number of unbranched alkanes of at least 4 members (excludes halogenated alkanes) is 9. The zero-order valence-electron chi connectivity index (χ0n) is 19.3. The van der Waals surface area contributed by atoms with Crippen LogP contribution in [-0.4, -0.2) is 36.1 Å². The molecule has 0 amide bonds. The summed E-state index contributed by atoms with van der Waals surface area (Å²) >= 11 is 6.34. The van der Waals surface area contributed by atoms with E-state index >= 15 is 0 Å². The van der Waals surface area contributed by atoms with E-state index in [-0.39, 0.29) is 5.96 Å². The van der Waals surface area contributed by atoms with Gasteiger partial charge in [0, 0.05) is 31.5 Å². The van der Waals surface area contributed by atoms with Crippen molar-refractivity contribution in [3.63, 3.8) is 0 Å². The molecule has 0 aliphatic heterocycles. The Morgan fingerprint density at radius 3 is 2.06 bits per heavy atom. The molecule has 6 nitrogen and oxygen atoms in total. The number of hydrogen-bond acceptors (Lipinski definition) is 2. The van der Waals surface area contributed by atoms with Crippen LogP contribution in [0.3, 0.4) is 0 Å². The molecule has 0 unspecified atom stereocenters. The maximum atomic E-state index is 6.34. The van der Waals surface area contributed by atoms with E-state index < -0.39 is 0 Å². The molecule has 31 heavy (non-hydrogen) atoms. The van der Waals surface area contributed by atoms with Gasteiger partial charge in [0.05, 0.1) is 6.54 Å². The Hall–Kier alpha value is -1.79. The second-order valence-corrected chi connectivity index (χ2v) is 8.28. The van der Waals surface area contributed by atoms with Crippen LogP contribution in [0, 0.1) is 0 Å². The summed E-state index contributed by atoms with van der Waals surface area (Å²) < 4.78 is 7.19. The van der Waals surface area contributed by atoms with Gasteiger partial charge in [-0.15, -0.1) is 0 Å². The van der Waals surface area contributed by atoms with Gasteiger partial charge in [-0.1, -0.05) is 95.0 Å². The third-order valence-electron chi connectivity index (χ3n) is 4.98. The van der Waals surface area contributed by atoms with Gasteiger partial charge in [0.1, 0.15) is 0 Å². The van der Waals surface area contributed by atoms with Crippen molar-refractivity contribution < 1.29 is 4.74 Å². The van der Waals surface area contributed by atoms with Gasteiger partial charge in [0.25, 0.3) is 0 Å². The standard InChI is InChI=1S/C24H42ClN5O/c1-2-3-4-5-6-7-8-9-10-14-19-31-20-15-18-30(25)24(29-23(26)27)28-21-22-16-12-11-13-17-22/h11-13,16-17H,2-10,14-15,18-21H2,1H3,(H4,26,27,28,29). The molecule has 4 N–H and O–H groups in total. The summed E-state index contributed by atoms with van der Waals surface area (Å²) in [6, 6.07) is 9.89. The van der Waals surface area contributed by atoms with E-state index in [1.54, 1.807) is 0 Å². The van der Waals surface area contributed by atoms with Crippen LogP contribution in [0.15, 0.2) is 40.3 Å². The van der Waals surface area contributed by atoms with Crippen LogP contribution in [0.2, 0.25) is 0 Å². The van der Waals surface area contributed by atoms with Crippen LogP contribution < -0.4 is 11.5 Å². The van der Waals surface area contributed by atoms with Crippen molar-refractivity contribution in [1.82, 2.24) is 4.42 Å². The first-order valence-electron chi connectivity index (χ1n) is 11.8. The Kier molecular flexibility index (Phi) is 16.6. The highest BCUT2D eigenvalue weighted by Crippen LogP contribution is 2.11. The van der Waals surface area contributed by atoms with Gasteiger partial charge in [0.2, 0.25) is 5.96 Å². The van der Waals surface area contributed by atoms with E-state index in [0.717, 1.165) is 25.0 Å². The second-order valence-electron chi connectivity index (χ2n) is 7.87. The Morgan fingerprint density at radius 2 is 1.45 bits per heavy atom. The largest absolute Gasteiger partial charge is 0.381 e. The smallest absolute Gasteiger partial charge is 0.239 e. The summed E-state index contributed by atoms with van der Waals surface area (Å²) in [5.74, 6) is 0.259. The van der Waals surface area contributed by atoms with E-state index in [1.807, 2.05) is 30.3 Å². The van der Waals surface area contributed by atoms with E-state index in [2.05, 4.69) is 16.9 Å². The van der Waals surface area contributed by atoms with E-state index in [4.69, 9.17) is 28.0 Å². The molecule has 7 heteroatoms. The molecule has 0 heterocycles. The summed E-state index contributed by atoms with van der Waals surface area (Å²) in [7, 11) is 0. The fourth-order valence-electron chi connectivity index (χ4n) is 3.23. The predicted octanol–water partition coefficient (Wildman–Crippen LogP) is 5.60. The minimum atomic E-state index is -0.0605. The summed E-state index contributed by atoms with van der Waals surface area (Å²) in [5.41, 5.74) is 12.1. The molecule has 0 atom stereocenters.